The predicted octanol–water partition coefficient (Wildman–Crippen LogP) is 6.47. The number of rotatable bonds is 10. The third-order valence-electron chi connectivity index (χ3n) is 7.40. The SMILES string of the molecule is Cc1ccc(S(=O)(=O)N(CC(=O)N(Cc2ccccc2Cl)[C@H](C)C(=O)NC2CCCCC2)c2cccc(Br)c2)cc1. The number of carbonyl (C=O) groups is 2. The molecule has 1 fully saturated rings. The van der Waals surface area contributed by atoms with Gasteiger partial charge in [0.1, 0.15) is 12.6 Å². The normalized spacial score (nSPS) is 14.7. The first-order valence-corrected chi connectivity index (χ1v) is 16.4. The van der Waals surface area contributed by atoms with Crippen molar-refractivity contribution >= 4 is 55.1 Å². The molecule has 2 amide bonds. The van der Waals surface area contributed by atoms with E-state index in [-0.39, 0.29) is 23.4 Å². The second-order valence-electron chi connectivity index (χ2n) is 10.4. The summed E-state index contributed by atoms with van der Waals surface area (Å²) in [4.78, 5) is 29.0. The van der Waals surface area contributed by atoms with Gasteiger partial charge >= 0.3 is 0 Å². The third-order valence-corrected chi connectivity index (χ3v) is 10.1. The van der Waals surface area contributed by atoms with Crippen LogP contribution in [0, 0.1) is 6.92 Å². The molecule has 218 valence electrons. The Morgan fingerprint density at radius 1 is 1.00 bits per heavy atom. The molecule has 3 aromatic rings. The lowest BCUT2D eigenvalue weighted by atomic mass is 9.95. The second kappa shape index (κ2) is 13.9. The van der Waals surface area contributed by atoms with Crippen molar-refractivity contribution in [2.75, 3.05) is 10.8 Å². The molecular formula is C31H35BrClN3O4S. The van der Waals surface area contributed by atoms with Gasteiger partial charge in [-0.3, -0.25) is 13.9 Å². The average molecular weight is 661 g/mol. The van der Waals surface area contributed by atoms with Crippen molar-refractivity contribution in [2.24, 2.45) is 0 Å². The molecular weight excluding hydrogens is 626 g/mol. The molecule has 0 aliphatic heterocycles. The number of nitrogens with zero attached hydrogens (tertiary/aromatic N) is 2. The summed E-state index contributed by atoms with van der Waals surface area (Å²) in [7, 11) is -4.13. The van der Waals surface area contributed by atoms with Gasteiger partial charge in [-0.15, -0.1) is 0 Å². The minimum absolute atomic E-state index is 0.0503. The zero-order valence-electron chi connectivity index (χ0n) is 23.2. The lowest BCUT2D eigenvalue weighted by Crippen LogP contribution is -2.53. The van der Waals surface area contributed by atoms with Gasteiger partial charge in [-0.05, 0) is 68.7 Å². The summed E-state index contributed by atoms with van der Waals surface area (Å²) >= 11 is 9.86. The van der Waals surface area contributed by atoms with Crippen LogP contribution >= 0.6 is 27.5 Å². The van der Waals surface area contributed by atoms with Gasteiger partial charge in [-0.1, -0.05) is 88.8 Å². The fourth-order valence-electron chi connectivity index (χ4n) is 4.96. The summed E-state index contributed by atoms with van der Waals surface area (Å²) in [5.41, 5.74) is 1.90. The smallest absolute Gasteiger partial charge is 0.264 e. The molecule has 0 saturated heterocycles. The Balaban J connectivity index is 1.68. The molecule has 4 rings (SSSR count). The van der Waals surface area contributed by atoms with E-state index in [0.717, 1.165) is 42.0 Å². The van der Waals surface area contributed by atoms with Crippen molar-refractivity contribution in [1.82, 2.24) is 10.2 Å². The first kappa shape index (κ1) is 31.1. The van der Waals surface area contributed by atoms with E-state index in [0.29, 0.717) is 20.7 Å². The fraction of sp³-hybridized carbons (Fsp3) is 0.355. The molecule has 0 radical (unpaired) electrons. The molecule has 0 aromatic heterocycles. The molecule has 3 aromatic carbocycles. The summed E-state index contributed by atoms with van der Waals surface area (Å²) < 4.78 is 29.6. The number of hydrogen-bond donors (Lipinski definition) is 1. The Hall–Kier alpha value is -2.88. The topological polar surface area (TPSA) is 86.8 Å². The maximum atomic E-state index is 14.1. The largest absolute Gasteiger partial charge is 0.352 e. The lowest BCUT2D eigenvalue weighted by Gasteiger charge is -2.33. The van der Waals surface area contributed by atoms with E-state index in [2.05, 4.69) is 21.2 Å². The minimum atomic E-state index is -4.13. The Bertz CT molecular complexity index is 1480. The van der Waals surface area contributed by atoms with Crippen LogP contribution < -0.4 is 9.62 Å². The van der Waals surface area contributed by atoms with Gasteiger partial charge in [0.05, 0.1) is 10.6 Å². The van der Waals surface area contributed by atoms with Crippen LogP contribution in [-0.2, 0) is 26.2 Å². The molecule has 10 heteroatoms. The maximum absolute atomic E-state index is 14.1. The van der Waals surface area contributed by atoms with E-state index >= 15 is 0 Å². The molecule has 1 atom stereocenters. The van der Waals surface area contributed by atoms with Crippen molar-refractivity contribution in [1.29, 1.82) is 0 Å². The van der Waals surface area contributed by atoms with Gasteiger partial charge < -0.3 is 10.2 Å². The van der Waals surface area contributed by atoms with Crippen molar-refractivity contribution in [2.45, 2.75) is 69.5 Å². The van der Waals surface area contributed by atoms with Crippen LogP contribution in [0.5, 0.6) is 0 Å². The first-order valence-electron chi connectivity index (χ1n) is 13.7. The number of amides is 2. The summed E-state index contributed by atoms with van der Waals surface area (Å²) in [6, 6.07) is 19.6. The van der Waals surface area contributed by atoms with E-state index in [1.807, 2.05) is 13.0 Å². The van der Waals surface area contributed by atoms with Crippen LogP contribution in [0.15, 0.2) is 82.2 Å². The van der Waals surface area contributed by atoms with Crippen molar-refractivity contribution in [3.05, 3.63) is 93.4 Å². The second-order valence-corrected chi connectivity index (χ2v) is 13.6. The number of anilines is 1. The monoisotopic (exact) mass is 659 g/mol. The number of aryl methyl sites for hydroxylation is 1. The molecule has 1 N–H and O–H groups in total. The van der Waals surface area contributed by atoms with Crippen LogP contribution in [0.1, 0.15) is 50.2 Å². The van der Waals surface area contributed by atoms with Gasteiger partial charge in [0, 0.05) is 22.1 Å². The Kier molecular flexibility index (Phi) is 10.5. The van der Waals surface area contributed by atoms with Gasteiger partial charge in [0.25, 0.3) is 10.0 Å². The molecule has 0 heterocycles. The number of carbonyl (C=O) groups excluding carboxylic acids is 2. The Labute approximate surface area is 256 Å². The standard InChI is InChI=1S/C31H35BrClN3O4S/c1-22-15-17-28(18-16-22)41(39,40)36(27-13-8-10-25(32)19-27)21-30(37)35(20-24-9-6-7-14-29(24)33)23(2)31(38)34-26-11-4-3-5-12-26/h6-10,13-19,23,26H,3-5,11-12,20-21H2,1-2H3,(H,34,38)/t23-/m1/s1. The number of nitrogens with one attached hydrogen (secondary N) is 1. The van der Waals surface area contributed by atoms with Crippen LogP contribution in [0.2, 0.25) is 5.02 Å². The quantitative estimate of drug-likeness (QED) is 0.270. The van der Waals surface area contributed by atoms with Crippen LogP contribution in [0.4, 0.5) is 5.69 Å². The van der Waals surface area contributed by atoms with Gasteiger partial charge in [0.2, 0.25) is 11.8 Å². The molecule has 1 saturated carbocycles. The molecule has 1 aliphatic carbocycles. The molecule has 0 spiro atoms. The fourth-order valence-corrected chi connectivity index (χ4v) is 6.95. The molecule has 0 bridgehead atoms. The number of benzene rings is 3. The van der Waals surface area contributed by atoms with Crippen LogP contribution in [0.25, 0.3) is 0 Å². The van der Waals surface area contributed by atoms with E-state index in [1.165, 1.54) is 17.0 Å². The first-order chi connectivity index (χ1) is 19.6. The number of sulfonamides is 1. The molecule has 1 aliphatic rings. The Morgan fingerprint density at radius 2 is 1.68 bits per heavy atom. The van der Waals surface area contributed by atoms with Crippen LogP contribution in [-0.4, -0.2) is 43.8 Å². The van der Waals surface area contributed by atoms with Crippen molar-refractivity contribution < 1.29 is 18.0 Å². The third kappa shape index (κ3) is 7.90. The predicted molar refractivity (Wildman–Crippen MR) is 166 cm³/mol. The average Bonchev–Trinajstić information content (AvgIpc) is 2.95. The van der Waals surface area contributed by atoms with E-state index < -0.39 is 28.5 Å². The summed E-state index contributed by atoms with van der Waals surface area (Å²) in [5.74, 6) is -0.792. The summed E-state index contributed by atoms with van der Waals surface area (Å²) in [6.45, 7) is 3.09. The highest BCUT2D eigenvalue weighted by atomic mass is 79.9. The Morgan fingerprint density at radius 3 is 2.34 bits per heavy atom. The van der Waals surface area contributed by atoms with Crippen molar-refractivity contribution in [3.63, 3.8) is 0 Å². The number of hydrogen-bond acceptors (Lipinski definition) is 4. The summed E-state index contributed by atoms with van der Waals surface area (Å²) in [6.07, 6.45) is 5.07. The van der Waals surface area contributed by atoms with Crippen LogP contribution in [0.3, 0.4) is 0 Å². The lowest BCUT2D eigenvalue weighted by molar-refractivity contribution is -0.139. The zero-order chi connectivity index (χ0) is 29.6. The minimum Gasteiger partial charge on any atom is -0.352 e. The highest BCUT2D eigenvalue weighted by Gasteiger charge is 2.33. The molecule has 41 heavy (non-hydrogen) atoms. The molecule has 7 nitrogen and oxygen atoms in total. The van der Waals surface area contributed by atoms with E-state index in [9.17, 15) is 18.0 Å². The zero-order valence-corrected chi connectivity index (χ0v) is 26.4. The van der Waals surface area contributed by atoms with Crippen molar-refractivity contribution in [3.8, 4) is 0 Å². The van der Waals surface area contributed by atoms with Gasteiger partial charge in [-0.25, -0.2) is 8.42 Å². The number of halogens is 2. The van der Waals surface area contributed by atoms with Gasteiger partial charge in [-0.2, -0.15) is 0 Å². The molecule has 0 unspecified atom stereocenters. The summed E-state index contributed by atoms with van der Waals surface area (Å²) in [5, 5.41) is 3.56. The van der Waals surface area contributed by atoms with Gasteiger partial charge in [0.15, 0.2) is 0 Å². The maximum Gasteiger partial charge on any atom is 0.264 e. The highest BCUT2D eigenvalue weighted by Crippen LogP contribution is 2.28. The highest BCUT2D eigenvalue weighted by molar-refractivity contribution is 9.10. The van der Waals surface area contributed by atoms with E-state index in [4.69, 9.17) is 11.6 Å². The van der Waals surface area contributed by atoms with E-state index in [1.54, 1.807) is 61.5 Å².